The highest BCUT2D eigenvalue weighted by Crippen LogP contribution is 2.35. The van der Waals surface area contributed by atoms with E-state index in [-0.39, 0.29) is 33.3 Å². The molecule has 1 aliphatic heterocycles. The van der Waals surface area contributed by atoms with E-state index in [1.54, 1.807) is 18.2 Å². The molecule has 2 aromatic carbocycles. The fourth-order valence-electron chi connectivity index (χ4n) is 2.58. The molecule has 1 aromatic heterocycles. The van der Waals surface area contributed by atoms with E-state index in [4.69, 9.17) is 14.2 Å². The molecule has 0 saturated heterocycles. The second kappa shape index (κ2) is 8.20. The SMILES string of the molecule is O=C(COc1ccc2c(c1)OCO2)Nc1ncc(S(=O)(=O)c2ccc([N+](=O)[O-])cc2)s1. The van der Waals surface area contributed by atoms with Gasteiger partial charge in [-0.1, -0.05) is 11.3 Å². The van der Waals surface area contributed by atoms with Gasteiger partial charge in [0.2, 0.25) is 16.6 Å². The summed E-state index contributed by atoms with van der Waals surface area (Å²) in [5.74, 6) is 0.964. The van der Waals surface area contributed by atoms with Gasteiger partial charge in [0.25, 0.3) is 11.6 Å². The molecule has 160 valence electrons. The van der Waals surface area contributed by atoms with Gasteiger partial charge in [0.15, 0.2) is 23.2 Å². The van der Waals surface area contributed by atoms with E-state index in [1.807, 2.05) is 0 Å². The Morgan fingerprint density at radius 2 is 1.94 bits per heavy atom. The number of carbonyl (C=O) groups excluding carboxylic acids is 1. The van der Waals surface area contributed by atoms with Crippen molar-refractivity contribution in [3.05, 3.63) is 58.8 Å². The highest BCUT2D eigenvalue weighted by molar-refractivity contribution is 7.93. The van der Waals surface area contributed by atoms with Crippen LogP contribution >= 0.6 is 11.3 Å². The maximum absolute atomic E-state index is 12.7. The van der Waals surface area contributed by atoms with Crippen molar-refractivity contribution in [1.82, 2.24) is 4.98 Å². The van der Waals surface area contributed by atoms with Crippen molar-refractivity contribution in [3.8, 4) is 17.2 Å². The average Bonchev–Trinajstić information content (AvgIpc) is 3.41. The predicted octanol–water partition coefficient (Wildman–Crippen LogP) is 2.63. The minimum Gasteiger partial charge on any atom is -0.484 e. The van der Waals surface area contributed by atoms with Crippen LogP contribution in [0, 0.1) is 10.1 Å². The molecule has 3 aromatic rings. The fraction of sp³-hybridized carbons (Fsp3) is 0.111. The lowest BCUT2D eigenvalue weighted by Gasteiger charge is -2.06. The number of thiazole rings is 1. The van der Waals surface area contributed by atoms with Gasteiger partial charge in [0.05, 0.1) is 16.0 Å². The number of nitro groups is 1. The number of amides is 1. The standard InChI is InChI=1S/C18H13N3O8S2/c22-16(9-27-12-3-6-14-15(7-12)29-10-28-14)20-18-19-8-17(30-18)31(25,26)13-4-1-11(2-5-13)21(23)24/h1-8H,9-10H2,(H,19,20,22). The molecule has 11 nitrogen and oxygen atoms in total. The third kappa shape index (κ3) is 4.41. The summed E-state index contributed by atoms with van der Waals surface area (Å²) in [5, 5.41) is 13.3. The maximum atomic E-state index is 12.7. The molecule has 0 bridgehead atoms. The number of anilines is 1. The molecule has 1 N–H and O–H groups in total. The first-order valence-corrected chi connectivity index (χ1v) is 10.9. The molecule has 1 amide bonds. The lowest BCUT2D eigenvalue weighted by atomic mass is 10.3. The maximum Gasteiger partial charge on any atom is 0.269 e. The van der Waals surface area contributed by atoms with E-state index in [9.17, 15) is 23.3 Å². The summed E-state index contributed by atoms with van der Waals surface area (Å²) < 4.78 is 41.0. The molecule has 4 rings (SSSR count). The van der Waals surface area contributed by atoms with Crippen molar-refractivity contribution >= 4 is 37.9 Å². The third-order valence-electron chi connectivity index (χ3n) is 4.07. The van der Waals surface area contributed by atoms with Crippen LogP contribution in [0.1, 0.15) is 0 Å². The zero-order valence-corrected chi connectivity index (χ0v) is 17.1. The molecule has 0 unspecified atom stereocenters. The number of non-ortho nitro benzene ring substituents is 1. The number of fused-ring (bicyclic) bond motifs is 1. The van der Waals surface area contributed by atoms with Crippen LogP contribution in [0.3, 0.4) is 0 Å². The number of hydrogen-bond acceptors (Lipinski definition) is 10. The first kappa shape index (κ1) is 20.6. The number of sulfone groups is 1. The van der Waals surface area contributed by atoms with Crippen molar-refractivity contribution < 1.29 is 32.3 Å². The van der Waals surface area contributed by atoms with Crippen LogP contribution in [0.4, 0.5) is 10.8 Å². The summed E-state index contributed by atoms with van der Waals surface area (Å²) in [7, 11) is -3.93. The van der Waals surface area contributed by atoms with Gasteiger partial charge in [-0.25, -0.2) is 13.4 Å². The zero-order chi connectivity index (χ0) is 22.0. The van der Waals surface area contributed by atoms with E-state index >= 15 is 0 Å². The monoisotopic (exact) mass is 463 g/mol. The number of nitrogens with one attached hydrogen (secondary N) is 1. The zero-order valence-electron chi connectivity index (χ0n) is 15.5. The Morgan fingerprint density at radius 1 is 1.19 bits per heavy atom. The van der Waals surface area contributed by atoms with Crippen molar-refractivity contribution in [2.45, 2.75) is 9.10 Å². The second-order valence-corrected chi connectivity index (χ2v) is 9.30. The minimum absolute atomic E-state index is 0.0692. The molecule has 0 spiro atoms. The lowest BCUT2D eigenvalue weighted by Crippen LogP contribution is -2.19. The number of benzene rings is 2. The lowest BCUT2D eigenvalue weighted by molar-refractivity contribution is -0.384. The molecule has 0 aliphatic carbocycles. The summed E-state index contributed by atoms with van der Waals surface area (Å²) in [5.41, 5.74) is -0.223. The van der Waals surface area contributed by atoms with Crippen LogP contribution in [0.2, 0.25) is 0 Å². The highest BCUT2D eigenvalue weighted by atomic mass is 32.2. The number of nitrogens with zero attached hydrogens (tertiary/aromatic N) is 2. The number of ether oxygens (including phenoxy) is 3. The number of carbonyl (C=O) groups is 1. The summed E-state index contributed by atoms with van der Waals surface area (Å²) in [6.07, 6.45) is 1.11. The van der Waals surface area contributed by atoms with E-state index in [0.29, 0.717) is 17.2 Å². The molecule has 0 saturated carbocycles. The van der Waals surface area contributed by atoms with Gasteiger partial charge in [0.1, 0.15) is 9.96 Å². The van der Waals surface area contributed by atoms with Gasteiger partial charge in [-0.3, -0.25) is 20.2 Å². The van der Waals surface area contributed by atoms with E-state index in [2.05, 4.69) is 10.3 Å². The van der Waals surface area contributed by atoms with Crippen molar-refractivity contribution in [2.75, 3.05) is 18.7 Å². The largest absolute Gasteiger partial charge is 0.484 e. The normalized spacial score (nSPS) is 12.4. The first-order chi connectivity index (χ1) is 14.8. The Morgan fingerprint density at radius 3 is 2.68 bits per heavy atom. The molecule has 0 radical (unpaired) electrons. The number of hydrogen-bond donors (Lipinski definition) is 1. The van der Waals surface area contributed by atoms with Crippen molar-refractivity contribution in [2.24, 2.45) is 0 Å². The quantitative estimate of drug-likeness (QED) is 0.412. The van der Waals surface area contributed by atoms with Gasteiger partial charge >= 0.3 is 0 Å². The van der Waals surface area contributed by atoms with Gasteiger partial charge < -0.3 is 14.2 Å². The Bertz CT molecular complexity index is 1260. The molecule has 2 heterocycles. The smallest absolute Gasteiger partial charge is 0.269 e. The molecule has 0 fully saturated rings. The van der Waals surface area contributed by atoms with Gasteiger partial charge in [-0.2, -0.15) is 0 Å². The van der Waals surface area contributed by atoms with Gasteiger partial charge in [-0.05, 0) is 24.3 Å². The Kier molecular flexibility index (Phi) is 5.44. The molecule has 13 heteroatoms. The second-order valence-electron chi connectivity index (χ2n) is 6.09. The molecular formula is C18H13N3O8S2. The van der Waals surface area contributed by atoms with Crippen LogP contribution in [-0.2, 0) is 14.6 Å². The van der Waals surface area contributed by atoms with Crippen LogP contribution in [-0.4, -0.2) is 37.6 Å². The van der Waals surface area contributed by atoms with E-state index in [1.165, 1.54) is 0 Å². The van der Waals surface area contributed by atoms with Crippen molar-refractivity contribution in [1.29, 1.82) is 0 Å². The Hall–Kier alpha value is -3.71. The number of nitro benzene ring substituents is 1. The van der Waals surface area contributed by atoms with E-state index in [0.717, 1.165) is 41.8 Å². The van der Waals surface area contributed by atoms with Gasteiger partial charge in [0, 0.05) is 18.2 Å². The van der Waals surface area contributed by atoms with Crippen LogP contribution in [0.15, 0.2) is 57.8 Å². The third-order valence-corrected chi connectivity index (χ3v) is 7.21. The summed E-state index contributed by atoms with van der Waals surface area (Å²) in [6.45, 7) is -0.210. The Balaban J connectivity index is 1.39. The summed E-state index contributed by atoms with van der Waals surface area (Å²) in [6, 6.07) is 9.36. The molecular weight excluding hydrogens is 450 g/mol. The molecule has 31 heavy (non-hydrogen) atoms. The minimum atomic E-state index is -3.93. The van der Waals surface area contributed by atoms with Crippen LogP contribution in [0.5, 0.6) is 17.2 Å². The predicted molar refractivity (Wildman–Crippen MR) is 107 cm³/mol. The van der Waals surface area contributed by atoms with Gasteiger partial charge in [-0.15, -0.1) is 0 Å². The first-order valence-electron chi connectivity index (χ1n) is 8.60. The topological polar surface area (TPSA) is 147 Å². The van der Waals surface area contributed by atoms with Crippen molar-refractivity contribution in [3.63, 3.8) is 0 Å². The number of aromatic nitrogens is 1. The molecule has 1 aliphatic rings. The van der Waals surface area contributed by atoms with Crippen LogP contribution in [0.25, 0.3) is 0 Å². The fourth-order valence-corrected chi connectivity index (χ4v) is 5.02. The average molecular weight is 463 g/mol. The van der Waals surface area contributed by atoms with E-state index < -0.39 is 20.7 Å². The van der Waals surface area contributed by atoms with Crippen LogP contribution < -0.4 is 19.5 Å². The Labute approximate surface area is 179 Å². The summed E-state index contributed by atoms with van der Waals surface area (Å²) in [4.78, 5) is 26.0. The molecule has 0 atom stereocenters. The summed E-state index contributed by atoms with van der Waals surface area (Å²) >= 11 is 0.754. The number of rotatable bonds is 7. The highest BCUT2D eigenvalue weighted by Gasteiger charge is 2.22.